The van der Waals surface area contributed by atoms with Crippen molar-refractivity contribution in [2.24, 2.45) is 0 Å². The molecule has 0 spiro atoms. The molecule has 12 heavy (non-hydrogen) atoms. The van der Waals surface area contributed by atoms with E-state index in [9.17, 15) is 9.90 Å². The van der Waals surface area contributed by atoms with Crippen molar-refractivity contribution < 1.29 is 9.90 Å². The number of Topliss-reactive ketones (excluding diaryl/α,β-unsaturated/α-hetero) is 1. The average molecular weight is 164 g/mol. The quantitative estimate of drug-likeness (QED) is 0.646. The Kier molecular flexibility index (Phi) is 2.18. The third-order valence-corrected chi connectivity index (χ3v) is 2.05. The van der Waals surface area contributed by atoms with Gasteiger partial charge >= 0.3 is 0 Å². The molecule has 0 aromatic heterocycles. The minimum absolute atomic E-state index is 0.0200. The highest BCUT2D eigenvalue weighted by Crippen LogP contribution is 2.21. The zero-order valence-electron chi connectivity index (χ0n) is 7.51. The molecule has 0 unspecified atom stereocenters. The van der Waals surface area contributed by atoms with Gasteiger partial charge in [-0.15, -0.1) is 0 Å². The van der Waals surface area contributed by atoms with Gasteiger partial charge in [0.15, 0.2) is 5.78 Å². The van der Waals surface area contributed by atoms with Crippen molar-refractivity contribution in [1.29, 1.82) is 0 Å². The molecule has 1 rings (SSSR count). The van der Waals surface area contributed by atoms with Gasteiger partial charge in [0, 0.05) is 5.56 Å². The number of aryl methyl sites for hydroxylation is 1. The van der Waals surface area contributed by atoms with E-state index >= 15 is 0 Å². The van der Waals surface area contributed by atoms with E-state index in [0.717, 1.165) is 11.1 Å². The average Bonchev–Trinajstić information content (AvgIpc) is 1.99. The zero-order valence-corrected chi connectivity index (χ0v) is 7.51. The fraction of sp³-hybridized carbons (Fsp3) is 0.300. The summed E-state index contributed by atoms with van der Waals surface area (Å²) < 4.78 is 0. The van der Waals surface area contributed by atoms with E-state index in [-0.39, 0.29) is 11.5 Å². The molecule has 0 heterocycles. The van der Waals surface area contributed by atoms with Crippen molar-refractivity contribution in [2.75, 3.05) is 0 Å². The fourth-order valence-corrected chi connectivity index (χ4v) is 1.04. The predicted molar refractivity (Wildman–Crippen MR) is 47.6 cm³/mol. The van der Waals surface area contributed by atoms with Crippen molar-refractivity contribution in [1.82, 2.24) is 0 Å². The third-order valence-electron chi connectivity index (χ3n) is 2.05. The van der Waals surface area contributed by atoms with E-state index in [1.165, 1.54) is 13.0 Å². The molecule has 0 aliphatic carbocycles. The molecule has 0 saturated carbocycles. The highest BCUT2D eigenvalue weighted by atomic mass is 16.3. The number of phenolic OH excluding ortho intramolecular Hbond substituents is 1. The molecule has 0 radical (unpaired) electrons. The van der Waals surface area contributed by atoms with E-state index in [1.54, 1.807) is 6.07 Å². The molecule has 0 saturated heterocycles. The predicted octanol–water partition coefficient (Wildman–Crippen LogP) is 2.21. The summed E-state index contributed by atoms with van der Waals surface area (Å²) in [6.45, 7) is 5.19. The van der Waals surface area contributed by atoms with Gasteiger partial charge in [-0.1, -0.05) is 0 Å². The molecule has 0 bridgehead atoms. The Hall–Kier alpha value is -1.31. The molecule has 1 aromatic carbocycles. The molecular weight excluding hydrogens is 152 g/mol. The molecule has 0 aliphatic heterocycles. The van der Waals surface area contributed by atoms with Crippen LogP contribution in [-0.2, 0) is 0 Å². The Labute approximate surface area is 71.8 Å². The molecule has 0 atom stereocenters. The molecule has 64 valence electrons. The largest absolute Gasteiger partial charge is 0.508 e. The summed E-state index contributed by atoms with van der Waals surface area (Å²) in [7, 11) is 0. The Bertz CT molecular complexity index is 304. The van der Waals surface area contributed by atoms with Crippen LogP contribution in [0.25, 0.3) is 0 Å². The molecule has 1 N–H and O–H groups in total. The van der Waals surface area contributed by atoms with E-state index in [0.29, 0.717) is 5.56 Å². The highest BCUT2D eigenvalue weighted by Gasteiger charge is 2.05. The zero-order chi connectivity index (χ0) is 9.30. The first-order chi connectivity index (χ1) is 5.52. The number of ketones is 1. The first-order valence-corrected chi connectivity index (χ1v) is 3.83. The molecule has 0 fully saturated rings. The van der Waals surface area contributed by atoms with Crippen molar-refractivity contribution in [2.45, 2.75) is 20.8 Å². The van der Waals surface area contributed by atoms with Crippen molar-refractivity contribution in [3.05, 3.63) is 28.8 Å². The van der Waals surface area contributed by atoms with Gasteiger partial charge < -0.3 is 5.11 Å². The monoisotopic (exact) mass is 164 g/mol. The second-order valence-electron chi connectivity index (χ2n) is 2.99. The smallest absolute Gasteiger partial charge is 0.159 e. The Morgan fingerprint density at radius 2 is 1.92 bits per heavy atom. The van der Waals surface area contributed by atoms with Gasteiger partial charge in [-0.05, 0) is 44.0 Å². The normalized spacial score (nSPS) is 9.92. The summed E-state index contributed by atoms with van der Waals surface area (Å²) in [6.07, 6.45) is 0. The van der Waals surface area contributed by atoms with E-state index in [1.807, 2.05) is 13.8 Å². The van der Waals surface area contributed by atoms with Crippen LogP contribution in [0.3, 0.4) is 0 Å². The van der Waals surface area contributed by atoms with Crippen LogP contribution < -0.4 is 0 Å². The van der Waals surface area contributed by atoms with Crippen LogP contribution >= 0.6 is 0 Å². The minimum Gasteiger partial charge on any atom is -0.508 e. The van der Waals surface area contributed by atoms with Crippen LogP contribution in [0.4, 0.5) is 0 Å². The number of hydrogen-bond donors (Lipinski definition) is 1. The van der Waals surface area contributed by atoms with Crippen LogP contribution in [0.15, 0.2) is 12.1 Å². The van der Waals surface area contributed by atoms with Crippen LogP contribution in [0.2, 0.25) is 0 Å². The van der Waals surface area contributed by atoms with Gasteiger partial charge in [0.25, 0.3) is 0 Å². The van der Waals surface area contributed by atoms with Gasteiger partial charge in [-0.25, -0.2) is 0 Å². The summed E-state index contributed by atoms with van der Waals surface area (Å²) >= 11 is 0. The first kappa shape index (κ1) is 8.78. The Balaban J connectivity index is 3.31. The first-order valence-electron chi connectivity index (χ1n) is 3.83. The molecule has 2 nitrogen and oxygen atoms in total. The van der Waals surface area contributed by atoms with Crippen LogP contribution in [0.5, 0.6) is 5.75 Å². The SMILES string of the molecule is CC(=O)c1cc(C)c(C)c(O)c1. The number of carbonyl (C=O) groups excluding carboxylic acids is 1. The molecule has 0 amide bonds. The number of rotatable bonds is 1. The van der Waals surface area contributed by atoms with Crippen LogP contribution in [0.1, 0.15) is 28.4 Å². The maximum absolute atomic E-state index is 11.0. The van der Waals surface area contributed by atoms with E-state index in [4.69, 9.17) is 0 Å². The Morgan fingerprint density at radius 1 is 1.33 bits per heavy atom. The molecule has 2 heteroatoms. The topological polar surface area (TPSA) is 37.3 Å². The summed E-state index contributed by atoms with van der Waals surface area (Å²) in [5.41, 5.74) is 2.34. The number of carbonyl (C=O) groups is 1. The second kappa shape index (κ2) is 2.97. The summed E-state index contributed by atoms with van der Waals surface area (Å²) in [5.74, 6) is 0.175. The summed E-state index contributed by atoms with van der Waals surface area (Å²) in [6, 6.07) is 3.29. The van der Waals surface area contributed by atoms with Crippen molar-refractivity contribution >= 4 is 5.78 Å². The second-order valence-corrected chi connectivity index (χ2v) is 2.99. The number of hydrogen-bond acceptors (Lipinski definition) is 2. The fourth-order valence-electron chi connectivity index (χ4n) is 1.04. The Morgan fingerprint density at radius 3 is 2.33 bits per heavy atom. The van der Waals surface area contributed by atoms with Crippen LogP contribution in [-0.4, -0.2) is 10.9 Å². The number of phenols is 1. The minimum atomic E-state index is -0.0200. The lowest BCUT2D eigenvalue weighted by molar-refractivity contribution is 0.101. The third kappa shape index (κ3) is 1.47. The molecule has 1 aromatic rings. The van der Waals surface area contributed by atoms with Gasteiger partial charge in [0.1, 0.15) is 5.75 Å². The number of aromatic hydroxyl groups is 1. The van der Waals surface area contributed by atoms with Gasteiger partial charge in [-0.3, -0.25) is 4.79 Å². The summed E-state index contributed by atoms with van der Waals surface area (Å²) in [4.78, 5) is 11.0. The molecule has 0 aliphatic rings. The number of benzene rings is 1. The lowest BCUT2D eigenvalue weighted by Crippen LogP contribution is -1.94. The van der Waals surface area contributed by atoms with Crippen molar-refractivity contribution in [3.8, 4) is 5.75 Å². The molecular formula is C10H12O2. The lowest BCUT2D eigenvalue weighted by atomic mass is 10.0. The highest BCUT2D eigenvalue weighted by molar-refractivity contribution is 5.94. The van der Waals surface area contributed by atoms with Crippen LogP contribution in [0, 0.1) is 13.8 Å². The van der Waals surface area contributed by atoms with Crippen molar-refractivity contribution in [3.63, 3.8) is 0 Å². The maximum atomic E-state index is 11.0. The van der Waals surface area contributed by atoms with Gasteiger partial charge in [0.2, 0.25) is 0 Å². The van der Waals surface area contributed by atoms with E-state index < -0.39 is 0 Å². The maximum Gasteiger partial charge on any atom is 0.159 e. The van der Waals surface area contributed by atoms with E-state index in [2.05, 4.69) is 0 Å². The van der Waals surface area contributed by atoms with Gasteiger partial charge in [0.05, 0.1) is 0 Å². The van der Waals surface area contributed by atoms with Gasteiger partial charge in [-0.2, -0.15) is 0 Å². The lowest BCUT2D eigenvalue weighted by Gasteiger charge is -2.04. The standard InChI is InChI=1S/C10H12O2/c1-6-4-9(8(3)11)5-10(12)7(6)2/h4-5,12H,1-3H3. The summed E-state index contributed by atoms with van der Waals surface area (Å²) in [5, 5.41) is 9.38.